The summed E-state index contributed by atoms with van der Waals surface area (Å²) in [5.41, 5.74) is -0.0978. The highest BCUT2D eigenvalue weighted by molar-refractivity contribution is 5.84. The van der Waals surface area contributed by atoms with E-state index in [0.29, 0.717) is 5.92 Å². The van der Waals surface area contributed by atoms with Gasteiger partial charge in [0, 0.05) is 11.8 Å². The van der Waals surface area contributed by atoms with Crippen molar-refractivity contribution in [1.29, 1.82) is 0 Å². The second kappa shape index (κ2) is 3.84. The number of rotatable bonds is 1. The molecule has 7 atom stereocenters. The molecule has 4 saturated carbocycles. The lowest BCUT2D eigenvalue weighted by Crippen LogP contribution is -2.47. The molecule has 0 aromatic heterocycles. The van der Waals surface area contributed by atoms with Crippen LogP contribution in [0.3, 0.4) is 0 Å². The van der Waals surface area contributed by atoms with Crippen LogP contribution in [0.4, 0.5) is 0 Å². The van der Waals surface area contributed by atoms with Gasteiger partial charge in [0.15, 0.2) is 0 Å². The number of allylic oxidation sites excluding steroid dienone is 1. The summed E-state index contributed by atoms with van der Waals surface area (Å²) in [5.74, 6) is -0.771. The van der Waals surface area contributed by atoms with Gasteiger partial charge in [0.1, 0.15) is 5.60 Å². The SMILES string of the molecule is C=C1C[C@]23C[C@H]1CC[C@H]2C12CCC[C@](C)(C(=O)O1)[C@H]2[C@@H]3C(=O)O. The molecule has 1 aliphatic heterocycles. The third-order valence-electron chi connectivity index (χ3n) is 8.29. The molecule has 5 aliphatic rings. The highest BCUT2D eigenvalue weighted by Gasteiger charge is 2.81. The van der Waals surface area contributed by atoms with Crippen LogP contribution in [-0.2, 0) is 14.3 Å². The van der Waals surface area contributed by atoms with Gasteiger partial charge in [0.25, 0.3) is 0 Å². The predicted molar refractivity (Wildman–Crippen MR) is 82.4 cm³/mol. The number of hydrogen-bond acceptors (Lipinski definition) is 3. The Bertz CT molecular complexity index is 654. The van der Waals surface area contributed by atoms with E-state index in [1.807, 2.05) is 6.92 Å². The molecule has 1 heterocycles. The summed E-state index contributed by atoms with van der Waals surface area (Å²) in [6.07, 6.45) is 6.45. The van der Waals surface area contributed by atoms with Crippen molar-refractivity contribution in [3.63, 3.8) is 0 Å². The minimum Gasteiger partial charge on any atom is -0.481 e. The number of hydrogen-bond donors (Lipinski definition) is 1. The normalized spacial score (nSPS) is 56.2. The van der Waals surface area contributed by atoms with Gasteiger partial charge in [-0.1, -0.05) is 12.2 Å². The number of fused-ring (bicyclic) bond motifs is 1. The Morgan fingerprint density at radius 3 is 2.87 bits per heavy atom. The van der Waals surface area contributed by atoms with Gasteiger partial charge in [0.05, 0.1) is 11.3 Å². The average Bonchev–Trinajstić information content (AvgIpc) is 2.92. The first-order valence-electron chi connectivity index (χ1n) is 8.99. The molecule has 0 aromatic carbocycles. The minimum absolute atomic E-state index is 0.139. The smallest absolute Gasteiger partial charge is 0.312 e. The molecular weight excluding hydrogens is 292 g/mol. The third kappa shape index (κ3) is 1.29. The van der Waals surface area contributed by atoms with E-state index >= 15 is 0 Å². The van der Waals surface area contributed by atoms with Crippen molar-refractivity contribution in [2.24, 2.45) is 34.5 Å². The van der Waals surface area contributed by atoms with Crippen LogP contribution in [0.2, 0.25) is 0 Å². The maximum atomic E-state index is 12.7. The standard InChI is InChI=1S/C19H24O4/c1-10-8-18-9-11(10)4-5-12(18)19-7-3-6-17(2,16(22)23-19)14(19)13(18)15(20)21/h11-14H,1,3-9H2,2H3,(H,20,21)/t11-,12-,13-,14-,17+,18+,19?/m1/s1. The lowest BCUT2D eigenvalue weighted by molar-refractivity contribution is -0.160. The van der Waals surface area contributed by atoms with Gasteiger partial charge < -0.3 is 9.84 Å². The molecule has 0 amide bonds. The maximum Gasteiger partial charge on any atom is 0.312 e. The Morgan fingerprint density at radius 1 is 1.35 bits per heavy atom. The minimum atomic E-state index is -0.719. The average molecular weight is 316 g/mol. The Kier molecular flexibility index (Phi) is 2.35. The van der Waals surface area contributed by atoms with E-state index in [1.54, 1.807) is 0 Å². The van der Waals surface area contributed by atoms with Crippen molar-refractivity contribution in [3.05, 3.63) is 12.2 Å². The first-order chi connectivity index (χ1) is 10.9. The quantitative estimate of drug-likeness (QED) is 0.596. The summed E-state index contributed by atoms with van der Waals surface area (Å²) in [5, 5.41) is 10.2. The Morgan fingerprint density at radius 2 is 2.13 bits per heavy atom. The third-order valence-corrected chi connectivity index (χ3v) is 8.29. The Hall–Kier alpha value is -1.32. The van der Waals surface area contributed by atoms with Crippen LogP contribution in [0.1, 0.15) is 51.9 Å². The van der Waals surface area contributed by atoms with E-state index < -0.39 is 22.9 Å². The molecule has 0 aromatic rings. The van der Waals surface area contributed by atoms with Gasteiger partial charge in [-0.15, -0.1) is 0 Å². The number of ether oxygens (including phenoxy) is 1. The molecule has 5 rings (SSSR count). The Balaban J connectivity index is 1.75. The molecule has 1 unspecified atom stereocenters. The van der Waals surface area contributed by atoms with Crippen LogP contribution in [0.25, 0.3) is 0 Å². The molecule has 5 fully saturated rings. The molecule has 4 heteroatoms. The summed E-state index contributed by atoms with van der Waals surface area (Å²) in [4.78, 5) is 25.0. The lowest BCUT2D eigenvalue weighted by atomic mass is 9.60. The van der Waals surface area contributed by atoms with Gasteiger partial charge in [-0.2, -0.15) is 0 Å². The number of carbonyl (C=O) groups excluding carboxylic acids is 1. The molecule has 4 bridgehead atoms. The number of carboxylic acids is 1. The molecule has 4 aliphatic carbocycles. The van der Waals surface area contributed by atoms with Gasteiger partial charge in [-0.05, 0) is 63.2 Å². The molecule has 1 saturated heterocycles. The van der Waals surface area contributed by atoms with Gasteiger partial charge in [0.2, 0.25) is 0 Å². The van der Waals surface area contributed by atoms with E-state index in [1.165, 1.54) is 5.57 Å². The van der Waals surface area contributed by atoms with E-state index in [4.69, 9.17) is 4.74 Å². The fourth-order valence-electron chi connectivity index (χ4n) is 7.70. The van der Waals surface area contributed by atoms with Crippen LogP contribution in [0.15, 0.2) is 12.2 Å². The van der Waals surface area contributed by atoms with Crippen molar-refractivity contribution in [3.8, 4) is 0 Å². The summed E-state index contributed by atoms with van der Waals surface area (Å²) in [6, 6.07) is 0. The fraction of sp³-hybridized carbons (Fsp3) is 0.789. The molecule has 124 valence electrons. The van der Waals surface area contributed by atoms with Crippen LogP contribution in [0, 0.1) is 34.5 Å². The number of esters is 1. The zero-order chi connectivity index (χ0) is 16.2. The highest BCUT2D eigenvalue weighted by Crippen LogP contribution is 2.77. The number of aliphatic carboxylic acids is 1. The topological polar surface area (TPSA) is 63.6 Å². The van der Waals surface area contributed by atoms with E-state index in [-0.39, 0.29) is 23.2 Å². The van der Waals surface area contributed by atoms with E-state index in [9.17, 15) is 14.7 Å². The van der Waals surface area contributed by atoms with Crippen LogP contribution in [-0.4, -0.2) is 22.6 Å². The summed E-state index contributed by atoms with van der Waals surface area (Å²) >= 11 is 0. The highest BCUT2D eigenvalue weighted by atomic mass is 16.6. The van der Waals surface area contributed by atoms with Crippen LogP contribution < -0.4 is 0 Å². The summed E-state index contributed by atoms with van der Waals surface area (Å²) in [6.45, 7) is 6.22. The second-order valence-corrected chi connectivity index (χ2v) is 9.01. The summed E-state index contributed by atoms with van der Waals surface area (Å²) < 4.78 is 6.10. The lowest BCUT2D eigenvalue weighted by Gasteiger charge is -2.43. The number of carboxylic acid groups (broad SMARTS) is 1. The van der Waals surface area contributed by atoms with Gasteiger partial charge >= 0.3 is 11.9 Å². The van der Waals surface area contributed by atoms with Crippen molar-refractivity contribution in [2.75, 3.05) is 0 Å². The van der Waals surface area contributed by atoms with Crippen molar-refractivity contribution in [2.45, 2.75) is 57.5 Å². The zero-order valence-corrected chi connectivity index (χ0v) is 13.6. The molecule has 23 heavy (non-hydrogen) atoms. The first kappa shape index (κ1) is 14.1. The van der Waals surface area contributed by atoms with Crippen molar-refractivity contribution < 1.29 is 19.4 Å². The fourth-order valence-corrected chi connectivity index (χ4v) is 7.70. The molecule has 0 radical (unpaired) electrons. The molecule has 1 spiro atoms. The van der Waals surface area contributed by atoms with Crippen LogP contribution in [0.5, 0.6) is 0 Å². The predicted octanol–water partition coefficient (Wildman–Crippen LogP) is 3.17. The second-order valence-electron chi connectivity index (χ2n) is 9.01. The van der Waals surface area contributed by atoms with Gasteiger partial charge in [-0.25, -0.2) is 0 Å². The molecule has 1 N–H and O–H groups in total. The summed E-state index contributed by atoms with van der Waals surface area (Å²) in [7, 11) is 0. The first-order valence-corrected chi connectivity index (χ1v) is 8.99. The Labute approximate surface area is 136 Å². The van der Waals surface area contributed by atoms with Crippen LogP contribution >= 0.6 is 0 Å². The van der Waals surface area contributed by atoms with E-state index in [2.05, 4.69) is 6.58 Å². The van der Waals surface area contributed by atoms with Crippen molar-refractivity contribution >= 4 is 11.9 Å². The largest absolute Gasteiger partial charge is 0.481 e. The zero-order valence-electron chi connectivity index (χ0n) is 13.6. The monoisotopic (exact) mass is 316 g/mol. The number of carbonyl (C=O) groups is 2. The van der Waals surface area contributed by atoms with E-state index in [0.717, 1.165) is 44.9 Å². The molecular formula is C19H24O4. The van der Waals surface area contributed by atoms with Gasteiger partial charge in [-0.3, -0.25) is 9.59 Å². The van der Waals surface area contributed by atoms with Crippen molar-refractivity contribution in [1.82, 2.24) is 0 Å². The maximum absolute atomic E-state index is 12.7. The molecule has 4 nitrogen and oxygen atoms in total.